The van der Waals surface area contributed by atoms with Gasteiger partial charge in [-0.25, -0.2) is 4.98 Å². The number of fused-ring (bicyclic) bond motifs is 1. The summed E-state index contributed by atoms with van der Waals surface area (Å²) in [5, 5.41) is 9.63. The molecule has 5 nitrogen and oxygen atoms in total. The van der Waals surface area contributed by atoms with E-state index in [0.29, 0.717) is 6.04 Å². The Morgan fingerprint density at radius 1 is 1.55 bits per heavy atom. The minimum absolute atomic E-state index is 0.0203. The Morgan fingerprint density at radius 3 is 3.00 bits per heavy atom. The number of carbonyl (C=O) groups is 1. The zero-order valence-corrected chi connectivity index (χ0v) is 13.1. The van der Waals surface area contributed by atoms with Gasteiger partial charge >= 0.3 is 5.97 Å². The molecule has 2 aromatic heterocycles. The van der Waals surface area contributed by atoms with Crippen molar-refractivity contribution >= 4 is 40.5 Å². The van der Waals surface area contributed by atoms with Crippen LogP contribution in [0, 0.1) is 0 Å². The third-order valence-electron chi connectivity index (χ3n) is 2.98. The number of aliphatic carboxylic acids is 1. The molecule has 0 aliphatic carbocycles. The van der Waals surface area contributed by atoms with Crippen molar-refractivity contribution in [3.05, 3.63) is 18.5 Å². The average molecular weight is 311 g/mol. The van der Waals surface area contributed by atoms with Crippen molar-refractivity contribution in [1.82, 2.24) is 14.5 Å². The second-order valence-corrected chi connectivity index (χ2v) is 6.18. The predicted molar refractivity (Wildman–Crippen MR) is 83.6 cm³/mol. The van der Waals surface area contributed by atoms with E-state index in [0.717, 1.165) is 28.4 Å². The Labute approximate surface area is 126 Å². The van der Waals surface area contributed by atoms with Crippen LogP contribution in [0.5, 0.6) is 0 Å². The summed E-state index contributed by atoms with van der Waals surface area (Å²) >= 11 is 3.05. The normalized spacial score (nSPS) is 12.7. The highest BCUT2D eigenvalue weighted by Crippen LogP contribution is 2.30. The molecule has 2 rings (SSSR count). The van der Waals surface area contributed by atoms with Crippen molar-refractivity contribution in [2.24, 2.45) is 0 Å². The van der Waals surface area contributed by atoms with Gasteiger partial charge in [-0.3, -0.25) is 9.78 Å². The molecule has 2 heterocycles. The third kappa shape index (κ3) is 3.27. The largest absolute Gasteiger partial charge is 0.481 e. The number of carboxylic acid groups (broad SMARTS) is 1. The van der Waals surface area contributed by atoms with Crippen LogP contribution in [0.4, 0.5) is 0 Å². The molecular weight excluding hydrogens is 294 g/mol. The second kappa shape index (κ2) is 6.99. The van der Waals surface area contributed by atoms with Crippen LogP contribution in [-0.2, 0) is 4.79 Å². The Kier molecular flexibility index (Phi) is 5.31. The minimum Gasteiger partial charge on any atom is -0.481 e. The number of rotatable bonds is 7. The molecule has 7 heteroatoms. The van der Waals surface area contributed by atoms with Crippen LogP contribution in [0.3, 0.4) is 0 Å². The fourth-order valence-corrected chi connectivity index (χ4v) is 3.65. The van der Waals surface area contributed by atoms with Crippen LogP contribution in [-0.4, -0.2) is 43.4 Å². The summed E-state index contributed by atoms with van der Waals surface area (Å²) in [6, 6.07) is 2.25. The Bertz CT molecular complexity index is 600. The molecular formula is C13H17N3O2S2. The summed E-state index contributed by atoms with van der Waals surface area (Å²) < 4.78 is 2.15. The van der Waals surface area contributed by atoms with Crippen LogP contribution in [0.25, 0.3) is 11.0 Å². The first kappa shape index (κ1) is 15.2. The molecule has 20 heavy (non-hydrogen) atoms. The van der Waals surface area contributed by atoms with E-state index < -0.39 is 5.97 Å². The van der Waals surface area contributed by atoms with Gasteiger partial charge in [0, 0.05) is 18.0 Å². The van der Waals surface area contributed by atoms with Gasteiger partial charge in [0.05, 0.1) is 17.5 Å². The van der Waals surface area contributed by atoms with E-state index in [1.807, 2.05) is 6.07 Å². The fourth-order valence-electron chi connectivity index (χ4n) is 2.08. The lowest BCUT2D eigenvalue weighted by atomic mass is 10.2. The molecule has 1 atom stereocenters. The molecule has 0 saturated carbocycles. The molecule has 0 saturated heterocycles. The smallest absolute Gasteiger partial charge is 0.313 e. The van der Waals surface area contributed by atoms with E-state index in [1.54, 1.807) is 24.2 Å². The van der Waals surface area contributed by atoms with Gasteiger partial charge in [0.2, 0.25) is 0 Å². The average Bonchev–Trinajstić information content (AvgIpc) is 2.81. The van der Waals surface area contributed by atoms with Crippen LogP contribution in [0.2, 0.25) is 0 Å². The summed E-state index contributed by atoms with van der Waals surface area (Å²) in [5.74, 6) is 0.168. The molecule has 0 bridgehead atoms. The van der Waals surface area contributed by atoms with Crippen molar-refractivity contribution in [2.75, 3.05) is 17.8 Å². The highest BCUT2D eigenvalue weighted by atomic mass is 32.2. The lowest BCUT2D eigenvalue weighted by Gasteiger charge is -2.19. The highest BCUT2D eigenvalue weighted by molar-refractivity contribution is 7.99. The molecule has 0 aromatic carbocycles. The first-order valence-electron chi connectivity index (χ1n) is 6.32. The van der Waals surface area contributed by atoms with Crippen molar-refractivity contribution in [3.8, 4) is 0 Å². The monoisotopic (exact) mass is 311 g/mol. The Balaban J connectivity index is 2.45. The van der Waals surface area contributed by atoms with E-state index in [1.165, 1.54) is 11.8 Å². The summed E-state index contributed by atoms with van der Waals surface area (Å²) in [5.41, 5.74) is 1.84. The van der Waals surface area contributed by atoms with Crippen molar-refractivity contribution in [3.63, 3.8) is 0 Å². The number of nitrogens with zero attached hydrogens (tertiary/aromatic N) is 3. The maximum absolute atomic E-state index is 10.8. The Morgan fingerprint density at radius 2 is 2.35 bits per heavy atom. The van der Waals surface area contributed by atoms with E-state index in [2.05, 4.69) is 27.7 Å². The number of carboxylic acids is 1. The number of hydrogen-bond donors (Lipinski definition) is 1. The molecule has 0 fully saturated rings. The quantitative estimate of drug-likeness (QED) is 0.793. The van der Waals surface area contributed by atoms with Gasteiger partial charge < -0.3 is 9.67 Å². The summed E-state index contributed by atoms with van der Waals surface area (Å²) in [6.07, 6.45) is 6.53. The van der Waals surface area contributed by atoms with Gasteiger partial charge in [-0.1, -0.05) is 18.7 Å². The van der Waals surface area contributed by atoms with Gasteiger partial charge in [0.15, 0.2) is 5.16 Å². The second-order valence-electron chi connectivity index (χ2n) is 4.33. The van der Waals surface area contributed by atoms with Gasteiger partial charge in [0.1, 0.15) is 5.52 Å². The standard InChI is InChI=1S/C13H17N3O2S2/c1-3-9(7-19-2)16-11-4-5-14-6-10(11)15-13(16)20-8-12(17)18/h4-6,9H,3,7-8H2,1-2H3,(H,17,18). The van der Waals surface area contributed by atoms with E-state index >= 15 is 0 Å². The third-order valence-corrected chi connectivity index (χ3v) is 4.64. The molecule has 1 N–H and O–H groups in total. The number of thioether (sulfide) groups is 2. The van der Waals surface area contributed by atoms with Gasteiger partial charge in [-0.2, -0.15) is 11.8 Å². The van der Waals surface area contributed by atoms with E-state index in [4.69, 9.17) is 5.11 Å². The molecule has 0 aliphatic heterocycles. The first-order valence-corrected chi connectivity index (χ1v) is 8.70. The molecule has 0 spiro atoms. The zero-order chi connectivity index (χ0) is 14.5. The molecule has 2 aromatic rings. The molecule has 108 valence electrons. The topological polar surface area (TPSA) is 68.0 Å². The summed E-state index contributed by atoms with van der Waals surface area (Å²) in [7, 11) is 0. The zero-order valence-electron chi connectivity index (χ0n) is 11.4. The highest BCUT2D eigenvalue weighted by Gasteiger charge is 2.18. The predicted octanol–water partition coefficient (Wildman–Crippen LogP) is 2.92. The van der Waals surface area contributed by atoms with Gasteiger partial charge in [-0.15, -0.1) is 0 Å². The Hall–Kier alpha value is -1.21. The maximum Gasteiger partial charge on any atom is 0.313 e. The maximum atomic E-state index is 10.8. The lowest BCUT2D eigenvalue weighted by Crippen LogP contribution is -2.12. The molecule has 1 unspecified atom stereocenters. The first-order chi connectivity index (χ1) is 9.67. The van der Waals surface area contributed by atoms with Crippen molar-refractivity contribution in [2.45, 2.75) is 24.5 Å². The van der Waals surface area contributed by atoms with Crippen molar-refractivity contribution in [1.29, 1.82) is 0 Å². The number of aromatic nitrogens is 3. The lowest BCUT2D eigenvalue weighted by molar-refractivity contribution is -0.133. The molecule has 0 radical (unpaired) electrons. The number of imidazole rings is 1. The van der Waals surface area contributed by atoms with Crippen LogP contribution in [0.1, 0.15) is 19.4 Å². The molecule has 0 amide bonds. The fraction of sp³-hybridized carbons (Fsp3) is 0.462. The SMILES string of the molecule is CCC(CSC)n1c(SCC(=O)O)nc2cnccc21. The van der Waals surface area contributed by atoms with Gasteiger partial charge in [0.25, 0.3) is 0 Å². The van der Waals surface area contributed by atoms with Crippen molar-refractivity contribution < 1.29 is 9.90 Å². The van der Waals surface area contributed by atoms with E-state index in [9.17, 15) is 4.79 Å². The molecule has 0 aliphatic rings. The van der Waals surface area contributed by atoms with Crippen LogP contribution >= 0.6 is 23.5 Å². The van der Waals surface area contributed by atoms with Crippen LogP contribution in [0.15, 0.2) is 23.6 Å². The van der Waals surface area contributed by atoms with Gasteiger partial charge in [-0.05, 0) is 18.7 Å². The van der Waals surface area contributed by atoms with Crippen LogP contribution < -0.4 is 0 Å². The minimum atomic E-state index is -0.829. The summed E-state index contributed by atoms with van der Waals surface area (Å²) in [4.78, 5) is 19.4. The number of pyridine rings is 1. The van der Waals surface area contributed by atoms with E-state index in [-0.39, 0.29) is 5.75 Å². The summed E-state index contributed by atoms with van der Waals surface area (Å²) in [6.45, 7) is 2.14. The number of hydrogen-bond acceptors (Lipinski definition) is 5.